The molecular weight excluding hydrogens is 640 g/mol. The molecule has 1 atom stereocenters. The van der Waals surface area contributed by atoms with Gasteiger partial charge in [-0.2, -0.15) is 0 Å². The van der Waals surface area contributed by atoms with Crippen LogP contribution in [0, 0.1) is 17.0 Å². The summed E-state index contributed by atoms with van der Waals surface area (Å²) in [7, 11) is -1.85. The van der Waals surface area contributed by atoms with Crippen LogP contribution in [0.2, 0.25) is 5.02 Å². The third-order valence-electron chi connectivity index (χ3n) is 6.31. The number of nitrogens with zero attached hydrogens (tertiary/aromatic N) is 3. The number of amides is 2. The molecule has 0 unspecified atom stereocenters. The van der Waals surface area contributed by atoms with Crippen molar-refractivity contribution in [2.75, 3.05) is 25.0 Å². The van der Waals surface area contributed by atoms with E-state index in [1.165, 1.54) is 63.2 Å². The lowest BCUT2D eigenvalue weighted by Crippen LogP contribution is -2.50. The highest BCUT2D eigenvalue weighted by atomic mass is 79.9. The molecule has 3 rings (SSSR count). The van der Waals surface area contributed by atoms with Crippen LogP contribution < -0.4 is 14.4 Å². The number of nitro groups is 1. The van der Waals surface area contributed by atoms with Crippen molar-refractivity contribution in [3.05, 3.63) is 91.4 Å². The van der Waals surface area contributed by atoms with Gasteiger partial charge in [0.25, 0.3) is 15.7 Å². The minimum absolute atomic E-state index is 0.0105. The van der Waals surface area contributed by atoms with Crippen LogP contribution in [0.25, 0.3) is 0 Å². The van der Waals surface area contributed by atoms with Crippen molar-refractivity contribution in [1.29, 1.82) is 0 Å². The highest BCUT2D eigenvalue weighted by Gasteiger charge is 2.34. The minimum Gasteiger partial charge on any atom is -0.495 e. The lowest BCUT2D eigenvalue weighted by atomic mass is 10.1. The number of halogens is 2. The highest BCUT2D eigenvalue weighted by molar-refractivity contribution is 9.10. The quantitative estimate of drug-likeness (QED) is 0.231. The van der Waals surface area contributed by atoms with Crippen molar-refractivity contribution in [3.8, 4) is 5.75 Å². The van der Waals surface area contributed by atoms with E-state index in [0.717, 1.165) is 14.8 Å². The van der Waals surface area contributed by atoms with Crippen LogP contribution in [0.3, 0.4) is 0 Å². The molecule has 0 saturated heterocycles. The summed E-state index contributed by atoms with van der Waals surface area (Å²) < 4.78 is 35.0. The first-order valence-electron chi connectivity index (χ1n) is 12.2. The fraction of sp³-hybridized carbons (Fsp3) is 0.259. The molecule has 3 aromatic rings. The van der Waals surface area contributed by atoms with Crippen LogP contribution in [0.1, 0.15) is 18.1 Å². The van der Waals surface area contributed by atoms with Crippen molar-refractivity contribution < 1.29 is 27.7 Å². The SMILES string of the molecule is CNC(=O)[C@@H](C)N(Cc1cccc(Br)c1)C(=O)CN(c1cc(Cl)ccc1OC)S(=O)(=O)c1ccc(C)c([N+](=O)[O-])c1. The minimum atomic E-state index is -4.60. The summed E-state index contributed by atoms with van der Waals surface area (Å²) in [5.74, 6) is -1.09. The van der Waals surface area contributed by atoms with E-state index < -0.39 is 49.9 Å². The second-order valence-corrected chi connectivity index (χ2v) is 12.2. The zero-order chi connectivity index (χ0) is 30.5. The number of likely N-dealkylation sites (N-methyl/N-ethyl adjacent to an activating group) is 1. The number of anilines is 1. The average Bonchev–Trinajstić information content (AvgIpc) is 2.93. The molecule has 0 saturated carbocycles. The second-order valence-electron chi connectivity index (χ2n) is 8.98. The first-order valence-corrected chi connectivity index (χ1v) is 14.8. The molecule has 0 aliphatic carbocycles. The maximum Gasteiger partial charge on any atom is 0.273 e. The van der Waals surface area contributed by atoms with Gasteiger partial charge in [0.1, 0.15) is 18.3 Å². The molecule has 0 aromatic heterocycles. The number of aryl methyl sites for hydroxylation is 1. The van der Waals surface area contributed by atoms with Gasteiger partial charge in [-0.25, -0.2) is 8.42 Å². The van der Waals surface area contributed by atoms with E-state index in [0.29, 0.717) is 5.56 Å². The molecule has 0 spiro atoms. The Hall–Kier alpha value is -3.68. The Morgan fingerprint density at radius 2 is 1.85 bits per heavy atom. The number of nitro benzene ring substituents is 1. The van der Waals surface area contributed by atoms with Crippen LogP contribution >= 0.6 is 27.5 Å². The summed E-state index contributed by atoms with van der Waals surface area (Å²) in [5, 5.41) is 14.2. The van der Waals surface area contributed by atoms with Gasteiger partial charge in [0, 0.05) is 34.7 Å². The predicted octanol–water partition coefficient (Wildman–Crippen LogP) is 4.69. The number of rotatable bonds is 11. The number of nitrogens with one attached hydrogen (secondary N) is 1. The Morgan fingerprint density at radius 3 is 2.46 bits per heavy atom. The molecule has 0 aliphatic rings. The van der Waals surface area contributed by atoms with Gasteiger partial charge in [-0.3, -0.25) is 24.0 Å². The first kappa shape index (κ1) is 31.8. The highest BCUT2D eigenvalue weighted by Crippen LogP contribution is 2.36. The van der Waals surface area contributed by atoms with Gasteiger partial charge < -0.3 is 15.0 Å². The zero-order valence-electron chi connectivity index (χ0n) is 22.6. The second kappa shape index (κ2) is 13.3. The van der Waals surface area contributed by atoms with Crippen LogP contribution in [-0.2, 0) is 26.2 Å². The van der Waals surface area contributed by atoms with Crippen LogP contribution in [0.15, 0.2) is 70.0 Å². The van der Waals surface area contributed by atoms with Gasteiger partial charge in [-0.1, -0.05) is 45.7 Å². The number of hydrogen-bond acceptors (Lipinski definition) is 7. The number of carbonyl (C=O) groups is 2. The van der Waals surface area contributed by atoms with Crippen LogP contribution in [-0.4, -0.2) is 56.8 Å². The van der Waals surface area contributed by atoms with Gasteiger partial charge >= 0.3 is 0 Å². The molecule has 3 aromatic carbocycles. The molecule has 11 nitrogen and oxygen atoms in total. The van der Waals surface area contributed by atoms with E-state index in [4.69, 9.17) is 16.3 Å². The Balaban J connectivity index is 2.17. The summed E-state index contributed by atoms with van der Waals surface area (Å²) in [6, 6.07) is 13.8. The lowest BCUT2D eigenvalue weighted by Gasteiger charge is -2.32. The predicted molar refractivity (Wildman–Crippen MR) is 159 cm³/mol. The van der Waals surface area contributed by atoms with Crippen molar-refractivity contribution in [2.24, 2.45) is 0 Å². The molecule has 0 aliphatic heterocycles. The van der Waals surface area contributed by atoms with Gasteiger partial charge in [-0.15, -0.1) is 0 Å². The average molecular weight is 668 g/mol. The first-order chi connectivity index (χ1) is 19.3. The molecule has 0 radical (unpaired) electrons. The van der Waals surface area contributed by atoms with Gasteiger partial charge in [0.05, 0.1) is 22.6 Å². The van der Waals surface area contributed by atoms with E-state index >= 15 is 0 Å². The van der Waals surface area contributed by atoms with E-state index in [1.807, 2.05) is 0 Å². The summed E-state index contributed by atoms with van der Waals surface area (Å²) >= 11 is 9.61. The smallest absolute Gasteiger partial charge is 0.273 e. The molecule has 0 fully saturated rings. The number of hydrogen-bond donors (Lipinski definition) is 1. The maximum absolute atomic E-state index is 14.1. The fourth-order valence-corrected chi connectivity index (χ4v) is 6.12. The number of carbonyl (C=O) groups excluding carboxylic acids is 2. The molecular formula is C27H28BrClN4O7S. The summed E-state index contributed by atoms with van der Waals surface area (Å²) in [5.41, 5.74) is 0.482. The summed E-state index contributed by atoms with van der Waals surface area (Å²) in [6.45, 7) is 2.23. The Bertz CT molecular complexity index is 1590. The number of methoxy groups -OCH3 is 1. The number of benzene rings is 3. The van der Waals surface area contributed by atoms with Gasteiger partial charge in [-0.05, 0) is 55.8 Å². The van der Waals surface area contributed by atoms with Gasteiger partial charge in [0.15, 0.2) is 0 Å². The lowest BCUT2D eigenvalue weighted by molar-refractivity contribution is -0.385. The molecule has 14 heteroatoms. The standard InChI is InChI=1S/C27H28BrClN4O7S/c1-17-8-10-22(14-23(17)33(36)37)41(38,39)32(24-13-21(29)9-11-25(24)40-4)16-26(34)31(18(2)27(35)30-3)15-19-6-5-7-20(28)12-19/h5-14,18H,15-16H2,1-4H3,(H,30,35)/t18-/m1/s1. The Morgan fingerprint density at radius 1 is 1.15 bits per heavy atom. The van der Waals surface area contributed by atoms with Crippen LogP contribution in [0.4, 0.5) is 11.4 Å². The van der Waals surface area contributed by atoms with E-state index in [9.17, 15) is 28.1 Å². The summed E-state index contributed by atoms with van der Waals surface area (Å²) in [6.07, 6.45) is 0. The maximum atomic E-state index is 14.1. The fourth-order valence-electron chi connectivity index (χ4n) is 4.07. The van der Waals surface area contributed by atoms with Crippen molar-refractivity contribution in [2.45, 2.75) is 31.3 Å². The molecule has 218 valence electrons. The van der Waals surface area contributed by atoms with Crippen molar-refractivity contribution in [1.82, 2.24) is 10.2 Å². The van der Waals surface area contributed by atoms with Crippen molar-refractivity contribution in [3.63, 3.8) is 0 Å². The molecule has 0 heterocycles. The van der Waals surface area contributed by atoms with E-state index in [1.54, 1.807) is 24.3 Å². The normalized spacial score (nSPS) is 11.9. The van der Waals surface area contributed by atoms with Crippen molar-refractivity contribution >= 4 is 60.7 Å². The molecule has 2 amide bonds. The Labute approximate surface area is 251 Å². The third-order valence-corrected chi connectivity index (χ3v) is 8.79. The third kappa shape index (κ3) is 7.34. The molecule has 1 N–H and O–H groups in total. The molecule has 41 heavy (non-hydrogen) atoms. The largest absolute Gasteiger partial charge is 0.495 e. The Kier molecular flexibility index (Phi) is 10.3. The van der Waals surface area contributed by atoms with E-state index in [2.05, 4.69) is 21.2 Å². The molecule has 0 bridgehead atoms. The van der Waals surface area contributed by atoms with Gasteiger partial charge in [0.2, 0.25) is 11.8 Å². The topological polar surface area (TPSA) is 139 Å². The van der Waals surface area contributed by atoms with E-state index in [-0.39, 0.29) is 28.6 Å². The zero-order valence-corrected chi connectivity index (χ0v) is 25.8. The number of sulfonamides is 1. The van der Waals surface area contributed by atoms with Crippen LogP contribution in [0.5, 0.6) is 5.75 Å². The number of ether oxygens (including phenoxy) is 1. The monoisotopic (exact) mass is 666 g/mol. The summed E-state index contributed by atoms with van der Waals surface area (Å²) in [4.78, 5) is 38.3.